The van der Waals surface area contributed by atoms with Gasteiger partial charge in [-0.05, 0) is 37.0 Å². The van der Waals surface area contributed by atoms with Crippen LogP contribution in [-0.2, 0) is 11.2 Å². The second kappa shape index (κ2) is 7.75. The van der Waals surface area contributed by atoms with Crippen LogP contribution in [-0.4, -0.2) is 52.8 Å². The predicted molar refractivity (Wildman–Crippen MR) is 114 cm³/mol. The summed E-state index contributed by atoms with van der Waals surface area (Å²) in [6.07, 6.45) is 2.55. The first-order valence-electron chi connectivity index (χ1n) is 9.35. The highest BCUT2D eigenvalue weighted by Crippen LogP contribution is 2.32. The fraction of sp³-hybridized carbons (Fsp3) is 0.450. The van der Waals surface area contributed by atoms with Gasteiger partial charge in [-0.3, -0.25) is 4.79 Å². The number of methoxy groups -OCH3 is 1. The number of amides is 1. The summed E-state index contributed by atoms with van der Waals surface area (Å²) in [5.74, 6) is 1.05. The van der Waals surface area contributed by atoms with Gasteiger partial charge in [0.15, 0.2) is 0 Å². The lowest BCUT2D eigenvalue weighted by Gasteiger charge is -2.42. The Kier molecular flexibility index (Phi) is 5.33. The Morgan fingerprint density at radius 3 is 2.79 bits per heavy atom. The second-order valence-corrected chi connectivity index (χ2v) is 8.46. The molecule has 0 spiro atoms. The van der Waals surface area contributed by atoms with E-state index in [1.807, 2.05) is 21.9 Å². The first kappa shape index (κ1) is 19.3. The standard InChI is InChI=1S/C20H22N2O4S2/c1-25-15-4-5-16-13(9-18(23)26-17(16)10-15)8-14-11-21(19(24)12-2-3-12)6-7-22(14)20(27)28/h4-5,9-10,12,14H,2-3,6-8,11H2,1H3,(H,27,28). The highest BCUT2D eigenvalue weighted by atomic mass is 32.1. The van der Waals surface area contributed by atoms with Crippen LogP contribution >= 0.6 is 24.8 Å². The zero-order valence-corrected chi connectivity index (χ0v) is 17.3. The van der Waals surface area contributed by atoms with Crippen molar-refractivity contribution in [1.82, 2.24) is 9.80 Å². The number of hydrogen-bond acceptors (Lipinski definition) is 5. The molecule has 8 heteroatoms. The Bertz CT molecular complexity index is 986. The highest BCUT2D eigenvalue weighted by Gasteiger charge is 2.37. The van der Waals surface area contributed by atoms with Crippen LogP contribution in [0.1, 0.15) is 18.4 Å². The van der Waals surface area contributed by atoms with Crippen molar-refractivity contribution in [2.75, 3.05) is 26.7 Å². The molecule has 1 unspecified atom stereocenters. The van der Waals surface area contributed by atoms with E-state index in [0.717, 1.165) is 23.8 Å². The number of thiocarbonyl (C=S) groups is 1. The summed E-state index contributed by atoms with van der Waals surface area (Å²) in [4.78, 5) is 28.6. The molecule has 2 heterocycles. The maximum atomic E-state index is 12.5. The molecule has 1 aromatic heterocycles. The molecule has 2 aromatic rings. The smallest absolute Gasteiger partial charge is 0.336 e. The number of benzene rings is 1. The van der Waals surface area contributed by atoms with Gasteiger partial charge in [0.1, 0.15) is 15.7 Å². The molecule has 2 fully saturated rings. The zero-order valence-electron chi connectivity index (χ0n) is 15.6. The molecule has 4 rings (SSSR count). The summed E-state index contributed by atoms with van der Waals surface area (Å²) in [7, 11) is 1.57. The van der Waals surface area contributed by atoms with Gasteiger partial charge in [0.05, 0.1) is 13.2 Å². The number of thiol groups is 1. The molecule has 0 radical (unpaired) electrons. The van der Waals surface area contributed by atoms with Crippen molar-refractivity contribution in [3.8, 4) is 5.75 Å². The third-order valence-corrected chi connectivity index (χ3v) is 5.95. The van der Waals surface area contributed by atoms with Crippen LogP contribution in [0.5, 0.6) is 5.75 Å². The molecule has 0 bridgehead atoms. The van der Waals surface area contributed by atoms with Crippen LogP contribution in [0.3, 0.4) is 0 Å². The largest absolute Gasteiger partial charge is 0.497 e. The number of hydrogen-bond donors (Lipinski definition) is 1. The molecular formula is C20H22N2O4S2. The minimum absolute atomic E-state index is 0.0337. The van der Waals surface area contributed by atoms with Gasteiger partial charge < -0.3 is 19.0 Å². The summed E-state index contributed by atoms with van der Waals surface area (Å²) in [5, 5.41) is 0.857. The zero-order chi connectivity index (χ0) is 19.8. The number of rotatable bonds is 4. The number of ether oxygens (including phenoxy) is 1. The Hall–Kier alpha value is -2.06. The monoisotopic (exact) mass is 418 g/mol. The molecule has 1 saturated heterocycles. The molecule has 0 N–H and O–H groups in total. The summed E-state index contributed by atoms with van der Waals surface area (Å²) in [6, 6.07) is 6.94. The predicted octanol–water partition coefficient (Wildman–Crippen LogP) is 2.48. The molecule has 28 heavy (non-hydrogen) atoms. The van der Waals surface area contributed by atoms with E-state index in [1.165, 1.54) is 6.07 Å². The van der Waals surface area contributed by atoms with Crippen molar-refractivity contribution in [2.45, 2.75) is 25.3 Å². The van der Waals surface area contributed by atoms with E-state index in [9.17, 15) is 9.59 Å². The Morgan fingerprint density at radius 2 is 2.11 bits per heavy atom. The van der Waals surface area contributed by atoms with Crippen LogP contribution in [0.4, 0.5) is 0 Å². The third-order valence-electron chi connectivity index (χ3n) is 5.46. The van der Waals surface area contributed by atoms with Crippen molar-refractivity contribution in [1.29, 1.82) is 0 Å². The lowest BCUT2D eigenvalue weighted by Crippen LogP contribution is -2.56. The minimum Gasteiger partial charge on any atom is -0.497 e. The average Bonchev–Trinajstić information content (AvgIpc) is 3.51. The van der Waals surface area contributed by atoms with E-state index in [2.05, 4.69) is 12.6 Å². The fourth-order valence-electron chi connectivity index (χ4n) is 3.83. The third kappa shape index (κ3) is 3.89. The normalized spacial score (nSPS) is 19.7. The van der Waals surface area contributed by atoms with Gasteiger partial charge in [0.25, 0.3) is 0 Å². The SMILES string of the molecule is COc1ccc2c(CC3CN(C(=O)C4CC4)CCN3C(=S)S)cc(=O)oc2c1. The lowest BCUT2D eigenvalue weighted by atomic mass is 9.99. The summed E-state index contributed by atoms with van der Waals surface area (Å²) in [6.45, 7) is 1.88. The molecule has 1 aliphatic carbocycles. The van der Waals surface area contributed by atoms with Crippen LogP contribution in [0, 0.1) is 5.92 Å². The quantitative estimate of drug-likeness (QED) is 0.468. The Morgan fingerprint density at radius 1 is 1.32 bits per heavy atom. The molecule has 2 aliphatic rings. The molecule has 1 saturated carbocycles. The maximum Gasteiger partial charge on any atom is 0.336 e. The molecule has 1 atom stereocenters. The van der Waals surface area contributed by atoms with E-state index in [-0.39, 0.29) is 17.9 Å². The average molecular weight is 419 g/mol. The van der Waals surface area contributed by atoms with E-state index in [4.69, 9.17) is 21.4 Å². The van der Waals surface area contributed by atoms with E-state index >= 15 is 0 Å². The van der Waals surface area contributed by atoms with Gasteiger partial charge in [-0.25, -0.2) is 4.79 Å². The van der Waals surface area contributed by atoms with Crippen molar-refractivity contribution >= 4 is 46.0 Å². The Balaban J connectivity index is 1.65. The summed E-state index contributed by atoms with van der Waals surface area (Å²) >= 11 is 9.70. The molecule has 1 aromatic carbocycles. The van der Waals surface area contributed by atoms with Gasteiger partial charge >= 0.3 is 5.63 Å². The fourth-order valence-corrected chi connectivity index (χ4v) is 4.33. The number of nitrogens with zero attached hydrogens (tertiary/aromatic N) is 2. The first-order valence-corrected chi connectivity index (χ1v) is 10.2. The molecule has 1 amide bonds. The number of carbonyl (C=O) groups is 1. The molecule has 1 aliphatic heterocycles. The van der Waals surface area contributed by atoms with Crippen LogP contribution in [0.25, 0.3) is 11.0 Å². The van der Waals surface area contributed by atoms with Crippen molar-refractivity contribution in [3.05, 3.63) is 40.2 Å². The van der Waals surface area contributed by atoms with Crippen molar-refractivity contribution < 1.29 is 13.9 Å². The lowest BCUT2D eigenvalue weighted by molar-refractivity contribution is -0.134. The van der Waals surface area contributed by atoms with Crippen LogP contribution in [0.15, 0.2) is 33.5 Å². The molecule has 148 valence electrons. The maximum absolute atomic E-state index is 12.5. The topological polar surface area (TPSA) is 63.0 Å². The highest BCUT2D eigenvalue weighted by molar-refractivity contribution is 8.10. The van der Waals surface area contributed by atoms with E-state index < -0.39 is 5.63 Å². The number of piperazine rings is 1. The number of fused-ring (bicyclic) bond motifs is 1. The van der Waals surface area contributed by atoms with Crippen molar-refractivity contribution in [2.24, 2.45) is 5.92 Å². The Labute approximate surface area is 173 Å². The number of carbonyl (C=O) groups excluding carboxylic acids is 1. The van der Waals surface area contributed by atoms with Gasteiger partial charge in [0, 0.05) is 43.1 Å². The summed E-state index contributed by atoms with van der Waals surface area (Å²) in [5.41, 5.74) is 0.954. The van der Waals surface area contributed by atoms with Gasteiger partial charge in [-0.15, -0.1) is 12.6 Å². The van der Waals surface area contributed by atoms with Gasteiger partial charge in [-0.1, -0.05) is 12.2 Å². The summed E-state index contributed by atoms with van der Waals surface area (Å²) < 4.78 is 11.1. The van der Waals surface area contributed by atoms with Crippen LogP contribution in [0.2, 0.25) is 0 Å². The first-order chi connectivity index (χ1) is 13.5. The molecule has 6 nitrogen and oxygen atoms in total. The van der Waals surface area contributed by atoms with Crippen LogP contribution < -0.4 is 10.4 Å². The van der Waals surface area contributed by atoms with E-state index in [0.29, 0.717) is 41.7 Å². The van der Waals surface area contributed by atoms with Gasteiger partial charge in [0.2, 0.25) is 5.91 Å². The van der Waals surface area contributed by atoms with E-state index in [1.54, 1.807) is 13.2 Å². The van der Waals surface area contributed by atoms with Crippen molar-refractivity contribution in [3.63, 3.8) is 0 Å². The second-order valence-electron chi connectivity index (χ2n) is 7.35. The van der Waals surface area contributed by atoms with Gasteiger partial charge in [-0.2, -0.15) is 0 Å². The minimum atomic E-state index is -0.405. The molecular weight excluding hydrogens is 396 g/mol.